The molecule has 0 atom stereocenters. The van der Waals surface area contributed by atoms with E-state index < -0.39 is 0 Å². The monoisotopic (exact) mass is 260 g/mol. The third kappa shape index (κ3) is 3.96. The van der Waals surface area contributed by atoms with E-state index in [0.717, 1.165) is 24.6 Å². The lowest BCUT2D eigenvalue weighted by Gasteiger charge is -2.01. The lowest BCUT2D eigenvalue weighted by atomic mass is 10.3. The van der Waals surface area contributed by atoms with Crippen molar-refractivity contribution < 1.29 is 13.9 Å². The van der Waals surface area contributed by atoms with Gasteiger partial charge in [-0.05, 0) is 31.4 Å². The van der Waals surface area contributed by atoms with Gasteiger partial charge >= 0.3 is 5.97 Å². The third-order valence-corrected chi connectivity index (χ3v) is 2.29. The molecule has 0 aliphatic carbocycles. The van der Waals surface area contributed by atoms with Crippen molar-refractivity contribution in [3.63, 3.8) is 0 Å². The fourth-order valence-corrected chi connectivity index (χ4v) is 1.40. The maximum atomic E-state index is 11.2. The van der Waals surface area contributed by atoms with Gasteiger partial charge in [-0.1, -0.05) is 15.9 Å². The van der Waals surface area contributed by atoms with Gasteiger partial charge in [-0.2, -0.15) is 0 Å². The minimum atomic E-state index is -0.381. The van der Waals surface area contributed by atoms with Crippen LogP contribution in [0.15, 0.2) is 22.8 Å². The summed E-state index contributed by atoms with van der Waals surface area (Å²) >= 11 is 3.34. The normalized spacial score (nSPS) is 10.1. The van der Waals surface area contributed by atoms with E-state index in [1.807, 2.05) is 0 Å². The van der Waals surface area contributed by atoms with E-state index in [-0.39, 0.29) is 11.7 Å². The Morgan fingerprint density at radius 3 is 2.93 bits per heavy atom. The van der Waals surface area contributed by atoms with Crippen LogP contribution < -0.4 is 0 Å². The summed E-state index contributed by atoms with van der Waals surface area (Å²) in [7, 11) is 0. The molecule has 0 saturated heterocycles. The molecule has 0 N–H and O–H groups in total. The first-order valence-corrected chi connectivity index (χ1v) is 5.73. The first-order valence-electron chi connectivity index (χ1n) is 4.61. The van der Waals surface area contributed by atoms with Crippen LogP contribution in [0.1, 0.15) is 29.8 Å². The smallest absolute Gasteiger partial charge is 0.374 e. The first kappa shape index (κ1) is 11.3. The number of unbranched alkanes of at least 4 members (excludes halogenated alkanes) is 2. The molecular formula is C10H13BrO3. The highest BCUT2D eigenvalue weighted by Crippen LogP contribution is 2.04. The summed E-state index contributed by atoms with van der Waals surface area (Å²) in [6.07, 6.45) is 4.54. The Morgan fingerprint density at radius 2 is 2.29 bits per heavy atom. The maximum Gasteiger partial charge on any atom is 0.374 e. The highest BCUT2D eigenvalue weighted by molar-refractivity contribution is 9.09. The van der Waals surface area contributed by atoms with Crippen molar-refractivity contribution in [2.75, 3.05) is 11.9 Å². The van der Waals surface area contributed by atoms with E-state index >= 15 is 0 Å². The molecule has 0 unspecified atom stereocenters. The number of hydrogen-bond donors (Lipinski definition) is 0. The van der Waals surface area contributed by atoms with Crippen LogP contribution in [0, 0.1) is 0 Å². The van der Waals surface area contributed by atoms with Crippen molar-refractivity contribution in [2.45, 2.75) is 19.3 Å². The molecule has 3 nitrogen and oxygen atoms in total. The molecule has 4 heteroatoms. The number of alkyl halides is 1. The second-order valence-electron chi connectivity index (χ2n) is 2.86. The largest absolute Gasteiger partial charge is 0.460 e. The second kappa shape index (κ2) is 6.65. The Balaban J connectivity index is 2.10. The third-order valence-electron chi connectivity index (χ3n) is 1.73. The molecule has 1 heterocycles. The van der Waals surface area contributed by atoms with Crippen LogP contribution in [0.3, 0.4) is 0 Å². The maximum absolute atomic E-state index is 11.2. The molecule has 14 heavy (non-hydrogen) atoms. The van der Waals surface area contributed by atoms with Crippen LogP contribution in [0.4, 0.5) is 0 Å². The highest BCUT2D eigenvalue weighted by atomic mass is 79.9. The summed E-state index contributed by atoms with van der Waals surface area (Å²) in [6.45, 7) is 0.465. The number of ether oxygens (including phenoxy) is 1. The van der Waals surface area contributed by atoms with Crippen LogP contribution in [-0.4, -0.2) is 17.9 Å². The van der Waals surface area contributed by atoms with Crippen LogP contribution in [0.5, 0.6) is 0 Å². The van der Waals surface area contributed by atoms with Gasteiger partial charge in [0.1, 0.15) is 0 Å². The standard InChI is InChI=1S/C10H13BrO3/c11-6-2-1-3-7-14-10(12)9-5-4-8-13-9/h4-5,8H,1-3,6-7H2. The summed E-state index contributed by atoms with van der Waals surface area (Å²) in [4.78, 5) is 11.2. The predicted octanol–water partition coefficient (Wildman–Crippen LogP) is 3.00. The lowest BCUT2D eigenvalue weighted by molar-refractivity contribution is 0.0462. The summed E-state index contributed by atoms with van der Waals surface area (Å²) in [5.74, 6) is -0.112. The van der Waals surface area contributed by atoms with Crippen LogP contribution in [0.25, 0.3) is 0 Å². The summed E-state index contributed by atoms with van der Waals surface area (Å²) in [5.41, 5.74) is 0. The number of furan rings is 1. The van der Waals surface area contributed by atoms with Crippen molar-refractivity contribution >= 4 is 21.9 Å². The molecule has 0 amide bonds. The quantitative estimate of drug-likeness (QED) is 0.449. The van der Waals surface area contributed by atoms with Crippen LogP contribution in [-0.2, 0) is 4.74 Å². The molecule has 78 valence electrons. The molecule has 0 aromatic carbocycles. The van der Waals surface area contributed by atoms with E-state index in [0.29, 0.717) is 6.61 Å². The minimum Gasteiger partial charge on any atom is -0.460 e. The average Bonchev–Trinajstić information content (AvgIpc) is 2.70. The fraction of sp³-hybridized carbons (Fsp3) is 0.500. The molecule has 1 rings (SSSR count). The lowest BCUT2D eigenvalue weighted by Crippen LogP contribution is -2.05. The zero-order chi connectivity index (χ0) is 10.2. The molecule has 0 radical (unpaired) electrons. The zero-order valence-electron chi connectivity index (χ0n) is 7.87. The number of rotatable bonds is 6. The van der Waals surface area contributed by atoms with Crippen molar-refractivity contribution in [3.8, 4) is 0 Å². The topological polar surface area (TPSA) is 39.4 Å². The molecule has 0 bridgehead atoms. The summed E-state index contributed by atoms with van der Waals surface area (Å²) in [6, 6.07) is 3.27. The van der Waals surface area contributed by atoms with Gasteiger partial charge in [0, 0.05) is 5.33 Å². The first-order chi connectivity index (χ1) is 6.84. The van der Waals surface area contributed by atoms with Gasteiger partial charge < -0.3 is 9.15 Å². The zero-order valence-corrected chi connectivity index (χ0v) is 9.46. The minimum absolute atomic E-state index is 0.269. The van der Waals surface area contributed by atoms with Crippen LogP contribution >= 0.6 is 15.9 Å². The van der Waals surface area contributed by atoms with Crippen molar-refractivity contribution in [2.24, 2.45) is 0 Å². The number of esters is 1. The van der Waals surface area contributed by atoms with Gasteiger partial charge in [-0.3, -0.25) is 0 Å². The molecule has 1 aromatic heterocycles. The van der Waals surface area contributed by atoms with E-state index in [1.54, 1.807) is 12.1 Å². The van der Waals surface area contributed by atoms with E-state index in [9.17, 15) is 4.79 Å². The number of halogens is 1. The van der Waals surface area contributed by atoms with Crippen molar-refractivity contribution in [1.29, 1.82) is 0 Å². The molecule has 0 fully saturated rings. The van der Waals surface area contributed by atoms with E-state index in [2.05, 4.69) is 15.9 Å². The van der Waals surface area contributed by atoms with Crippen molar-refractivity contribution in [3.05, 3.63) is 24.2 Å². The predicted molar refractivity (Wildman–Crippen MR) is 56.6 cm³/mol. The Labute approximate surface area is 91.6 Å². The summed E-state index contributed by atoms with van der Waals surface area (Å²) in [5, 5.41) is 0.999. The number of carbonyl (C=O) groups is 1. The SMILES string of the molecule is O=C(OCCCCCBr)c1ccco1. The van der Waals surface area contributed by atoms with Gasteiger partial charge in [0.15, 0.2) is 0 Å². The average molecular weight is 261 g/mol. The van der Waals surface area contributed by atoms with E-state index in [4.69, 9.17) is 9.15 Å². The number of carbonyl (C=O) groups excluding carboxylic acids is 1. The molecule has 0 aliphatic rings. The van der Waals surface area contributed by atoms with Gasteiger partial charge in [0.05, 0.1) is 12.9 Å². The molecule has 1 aromatic rings. The molecule has 0 saturated carbocycles. The Morgan fingerprint density at radius 1 is 1.43 bits per heavy atom. The van der Waals surface area contributed by atoms with Crippen LogP contribution in [0.2, 0.25) is 0 Å². The van der Waals surface area contributed by atoms with Gasteiger partial charge in [0.2, 0.25) is 5.76 Å². The summed E-state index contributed by atoms with van der Waals surface area (Å²) < 4.78 is 9.88. The second-order valence-corrected chi connectivity index (χ2v) is 3.66. The van der Waals surface area contributed by atoms with Gasteiger partial charge in [0.25, 0.3) is 0 Å². The van der Waals surface area contributed by atoms with Crippen molar-refractivity contribution in [1.82, 2.24) is 0 Å². The Kier molecular flexibility index (Phi) is 5.37. The molecule has 0 aliphatic heterocycles. The van der Waals surface area contributed by atoms with Gasteiger partial charge in [-0.25, -0.2) is 4.79 Å². The number of hydrogen-bond acceptors (Lipinski definition) is 3. The fourth-order valence-electron chi connectivity index (χ4n) is 1.00. The van der Waals surface area contributed by atoms with Gasteiger partial charge in [-0.15, -0.1) is 0 Å². The molecular weight excluding hydrogens is 248 g/mol. The highest BCUT2D eigenvalue weighted by Gasteiger charge is 2.08. The Bertz CT molecular complexity index is 256. The Hall–Kier alpha value is -0.770. The van der Waals surface area contributed by atoms with E-state index in [1.165, 1.54) is 6.26 Å². The molecule has 0 spiro atoms.